The fraction of sp³-hybridized carbons (Fsp3) is 0.714. The van der Waals surface area contributed by atoms with Crippen molar-refractivity contribution in [3.8, 4) is 0 Å². The van der Waals surface area contributed by atoms with Gasteiger partial charge >= 0.3 is 11.9 Å². The first-order chi connectivity index (χ1) is 33.6. The van der Waals surface area contributed by atoms with Gasteiger partial charge in [0.2, 0.25) is 0 Å². The number of ether oxygens (including phenoxy) is 3. The third-order valence-corrected chi connectivity index (χ3v) is 12.1. The molecule has 0 rings (SSSR count). The van der Waals surface area contributed by atoms with E-state index in [9.17, 15) is 9.59 Å². The molecule has 0 aliphatic rings. The van der Waals surface area contributed by atoms with Crippen LogP contribution in [0.1, 0.15) is 265 Å². The summed E-state index contributed by atoms with van der Waals surface area (Å²) < 4.78 is 17.4. The van der Waals surface area contributed by atoms with Gasteiger partial charge < -0.3 is 14.2 Å². The molecular formula is C63H108O5. The second-order valence-corrected chi connectivity index (χ2v) is 18.8. The molecule has 1 unspecified atom stereocenters. The van der Waals surface area contributed by atoms with E-state index in [4.69, 9.17) is 14.2 Å². The van der Waals surface area contributed by atoms with Gasteiger partial charge in [-0.25, -0.2) is 0 Å². The topological polar surface area (TPSA) is 61.8 Å². The summed E-state index contributed by atoms with van der Waals surface area (Å²) in [4.78, 5) is 25.5. The molecule has 0 aromatic rings. The minimum absolute atomic E-state index is 0.0606. The van der Waals surface area contributed by atoms with Gasteiger partial charge in [0, 0.05) is 19.4 Å². The predicted molar refractivity (Wildman–Crippen MR) is 297 cm³/mol. The quantitative estimate of drug-likeness (QED) is 0.0345. The first kappa shape index (κ1) is 64.8. The molecule has 0 radical (unpaired) electrons. The molecule has 0 heterocycles. The van der Waals surface area contributed by atoms with Gasteiger partial charge in [-0.3, -0.25) is 9.59 Å². The molecule has 390 valence electrons. The Morgan fingerprint density at radius 1 is 0.338 bits per heavy atom. The summed E-state index contributed by atoms with van der Waals surface area (Å²) in [6.07, 6.45) is 78.7. The fourth-order valence-corrected chi connectivity index (χ4v) is 7.90. The molecule has 0 aliphatic heterocycles. The van der Waals surface area contributed by atoms with Crippen molar-refractivity contribution in [1.29, 1.82) is 0 Å². The second-order valence-electron chi connectivity index (χ2n) is 18.8. The molecule has 0 bridgehead atoms. The molecule has 0 spiro atoms. The first-order valence-corrected chi connectivity index (χ1v) is 28.8. The molecule has 0 saturated heterocycles. The Labute approximate surface area is 422 Å². The summed E-state index contributed by atoms with van der Waals surface area (Å²) in [6.45, 7) is 7.54. The van der Waals surface area contributed by atoms with Crippen LogP contribution < -0.4 is 0 Å². The zero-order valence-electron chi connectivity index (χ0n) is 44.8. The fourth-order valence-electron chi connectivity index (χ4n) is 7.90. The van der Waals surface area contributed by atoms with E-state index in [1.165, 1.54) is 116 Å². The second kappa shape index (κ2) is 58.1. The van der Waals surface area contributed by atoms with Gasteiger partial charge in [0.05, 0.1) is 6.61 Å². The third kappa shape index (κ3) is 55.4. The Bertz CT molecular complexity index is 1300. The van der Waals surface area contributed by atoms with Crippen molar-refractivity contribution in [2.45, 2.75) is 271 Å². The number of unbranched alkanes of at least 4 members (excludes halogenated alkanes) is 25. The lowest BCUT2D eigenvalue weighted by Crippen LogP contribution is -2.30. The summed E-state index contributed by atoms with van der Waals surface area (Å²) in [5, 5.41) is 0. The molecule has 0 fully saturated rings. The van der Waals surface area contributed by atoms with E-state index in [2.05, 4.69) is 118 Å². The van der Waals surface area contributed by atoms with Crippen molar-refractivity contribution >= 4 is 11.9 Å². The van der Waals surface area contributed by atoms with Gasteiger partial charge in [-0.05, 0) is 96.3 Å². The summed E-state index contributed by atoms with van der Waals surface area (Å²) in [7, 11) is 0. The van der Waals surface area contributed by atoms with Gasteiger partial charge in [0.15, 0.2) is 6.10 Å². The maximum Gasteiger partial charge on any atom is 0.306 e. The van der Waals surface area contributed by atoms with E-state index in [0.29, 0.717) is 19.4 Å². The van der Waals surface area contributed by atoms with Gasteiger partial charge in [-0.1, -0.05) is 253 Å². The van der Waals surface area contributed by atoms with Crippen LogP contribution in [-0.2, 0) is 23.8 Å². The van der Waals surface area contributed by atoms with Crippen LogP contribution in [0.3, 0.4) is 0 Å². The SMILES string of the molecule is CC/C=C\C/C=C\C/C=C\C/C=C\C/C=C\CCCCCCOCC(COC(=O)CCCCCCCCCCCCCCCCCCCCC)OC(=O)CCCCC/C=C\C/C=C\C/C=C\CC. The minimum atomic E-state index is -0.569. The largest absolute Gasteiger partial charge is 0.462 e. The van der Waals surface area contributed by atoms with Crippen LogP contribution in [0, 0.1) is 0 Å². The van der Waals surface area contributed by atoms with Crippen LogP contribution in [-0.4, -0.2) is 37.9 Å². The maximum absolute atomic E-state index is 12.8. The van der Waals surface area contributed by atoms with Crippen molar-refractivity contribution in [3.63, 3.8) is 0 Å². The van der Waals surface area contributed by atoms with Crippen LogP contribution in [0.25, 0.3) is 0 Å². The molecule has 1 atom stereocenters. The zero-order chi connectivity index (χ0) is 49.2. The molecule has 0 aliphatic carbocycles. The summed E-state index contributed by atoms with van der Waals surface area (Å²) in [5.41, 5.74) is 0. The number of allylic oxidation sites excluding steroid dienone is 16. The Balaban J connectivity index is 4.31. The van der Waals surface area contributed by atoms with Crippen LogP contribution >= 0.6 is 0 Å². The number of rotatable bonds is 52. The predicted octanol–water partition coefficient (Wildman–Crippen LogP) is 19.8. The summed E-state index contributed by atoms with van der Waals surface area (Å²) in [5.74, 6) is -0.441. The van der Waals surface area contributed by atoms with Crippen LogP contribution in [0.15, 0.2) is 97.2 Å². The lowest BCUT2D eigenvalue weighted by Gasteiger charge is -2.18. The van der Waals surface area contributed by atoms with Crippen LogP contribution in [0.2, 0.25) is 0 Å². The molecule has 5 nitrogen and oxygen atoms in total. The molecule has 0 N–H and O–H groups in total. The van der Waals surface area contributed by atoms with Gasteiger partial charge in [-0.15, -0.1) is 0 Å². The smallest absolute Gasteiger partial charge is 0.306 e. The highest BCUT2D eigenvalue weighted by molar-refractivity contribution is 5.70. The number of hydrogen-bond acceptors (Lipinski definition) is 5. The van der Waals surface area contributed by atoms with Crippen LogP contribution in [0.5, 0.6) is 0 Å². The molecular weight excluding hydrogens is 837 g/mol. The minimum Gasteiger partial charge on any atom is -0.462 e. The van der Waals surface area contributed by atoms with Crippen LogP contribution in [0.4, 0.5) is 0 Å². The van der Waals surface area contributed by atoms with E-state index in [-0.39, 0.29) is 25.2 Å². The highest BCUT2D eigenvalue weighted by Crippen LogP contribution is 2.16. The van der Waals surface area contributed by atoms with E-state index < -0.39 is 6.10 Å². The Hall–Kier alpha value is -3.18. The number of hydrogen-bond donors (Lipinski definition) is 0. The van der Waals surface area contributed by atoms with Crippen molar-refractivity contribution in [3.05, 3.63) is 97.2 Å². The average Bonchev–Trinajstić information content (AvgIpc) is 3.34. The monoisotopic (exact) mass is 945 g/mol. The number of carbonyl (C=O) groups excluding carboxylic acids is 2. The molecule has 0 amide bonds. The summed E-state index contributed by atoms with van der Waals surface area (Å²) >= 11 is 0. The van der Waals surface area contributed by atoms with Gasteiger partial charge in [0.25, 0.3) is 0 Å². The molecule has 5 heteroatoms. The van der Waals surface area contributed by atoms with E-state index >= 15 is 0 Å². The highest BCUT2D eigenvalue weighted by Gasteiger charge is 2.17. The van der Waals surface area contributed by atoms with E-state index in [0.717, 1.165) is 116 Å². The standard InChI is InChI=1S/C63H108O5/c1-4-7-10-13-16-19-22-25-27-29-31-33-35-37-40-43-46-49-52-55-58-66-59-61(68-63(65)57-54-51-48-45-42-38-24-21-18-15-12-9-6-3)60-67-62(64)56-53-50-47-44-41-39-36-34-32-30-28-26-23-20-17-14-11-8-5-2/h7,9-10,12,16,18-19,21,25,27,31,33,37-38,40,42,61H,4-6,8,11,13-15,17,20,22-24,26,28-30,32,34-36,39,41,43-60H2,1-3H3/b10-7-,12-9-,19-16-,21-18-,27-25-,33-31-,40-37-,42-38-. The average molecular weight is 946 g/mol. The van der Waals surface area contributed by atoms with Crippen molar-refractivity contribution in [2.75, 3.05) is 19.8 Å². The van der Waals surface area contributed by atoms with Crippen molar-refractivity contribution < 1.29 is 23.8 Å². The zero-order valence-corrected chi connectivity index (χ0v) is 44.8. The lowest BCUT2D eigenvalue weighted by molar-refractivity contribution is -0.163. The van der Waals surface area contributed by atoms with Gasteiger partial charge in [0.1, 0.15) is 6.61 Å². The van der Waals surface area contributed by atoms with E-state index in [1.807, 2.05) is 0 Å². The Morgan fingerprint density at radius 3 is 1.07 bits per heavy atom. The molecule has 0 aromatic carbocycles. The molecule has 0 saturated carbocycles. The number of carbonyl (C=O) groups is 2. The van der Waals surface area contributed by atoms with Gasteiger partial charge in [-0.2, -0.15) is 0 Å². The van der Waals surface area contributed by atoms with Crippen molar-refractivity contribution in [1.82, 2.24) is 0 Å². The van der Waals surface area contributed by atoms with Crippen molar-refractivity contribution in [2.24, 2.45) is 0 Å². The normalized spacial score (nSPS) is 12.9. The summed E-state index contributed by atoms with van der Waals surface area (Å²) in [6, 6.07) is 0. The number of esters is 2. The first-order valence-electron chi connectivity index (χ1n) is 28.8. The molecule has 68 heavy (non-hydrogen) atoms. The lowest BCUT2D eigenvalue weighted by atomic mass is 10.0. The Kier molecular flexibility index (Phi) is 55.4. The highest BCUT2D eigenvalue weighted by atomic mass is 16.6. The Morgan fingerprint density at radius 2 is 0.662 bits per heavy atom. The maximum atomic E-state index is 12.8. The third-order valence-electron chi connectivity index (χ3n) is 12.1. The van der Waals surface area contributed by atoms with E-state index in [1.54, 1.807) is 0 Å². The molecule has 0 aromatic heterocycles.